The topological polar surface area (TPSA) is 76.0 Å². The zero-order chi connectivity index (χ0) is 28.2. The Kier molecular flexibility index (Phi) is 7.42. The van der Waals surface area contributed by atoms with Gasteiger partial charge in [0.05, 0.1) is 11.1 Å². The smallest absolute Gasteiger partial charge is 0.201 e. The monoisotopic (exact) mass is 542 g/mol. The molecule has 5 heteroatoms. The summed E-state index contributed by atoms with van der Waals surface area (Å²) >= 11 is 0. The molecule has 0 heterocycles. The molecule has 5 aromatic rings. The fourth-order valence-corrected chi connectivity index (χ4v) is 5.29. The van der Waals surface area contributed by atoms with Gasteiger partial charge in [-0.15, -0.1) is 0 Å². The minimum Gasteiger partial charge on any atom is -0.507 e. The maximum Gasteiger partial charge on any atom is 0.201 e. The molecule has 0 saturated carbocycles. The van der Waals surface area contributed by atoms with Crippen molar-refractivity contribution in [3.8, 4) is 23.0 Å². The van der Waals surface area contributed by atoms with Gasteiger partial charge in [-0.25, -0.2) is 0 Å². The molecule has 0 bridgehead atoms. The Morgan fingerprint density at radius 3 is 1.95 bits per heavy atom. The molecule has 1 aliphatic rings. The lowest BCUT2D eigenvalue weighted by atomic mass is 9.82. The van der Waals surface area contributed by atoms with Crippen LogP contribution in [0.5, 0.6) is 23.0 Å². The van der Waals surface area contributed by atoms with E-state index in [0.717, 1.165) is 27.8 Å². The van der Waals surface area contributed by atoms with Crippen LogP contribution in [0.2, 0.25) is 0 Å². The SMILES string of the molecule is O=C1c2c(O)cccc2Cc2ccc(CCc3ccc(OCc4ccccc4)c(OCc4ccccc4)c3)c(O)c21. The summed E-state index contributed by atoms with van der Waals surface area (Å²) in [5.74, 6) is 0.911. The molecule has 0 aliphatic heterocycles. The number of hydrogen-bond donors (Lipinski definition) is 2. The van der Waals surface area contributed by atoms with Crippen molar-refractivity contribution < 1.29 is 24.5 Å². The van der Waals surface area contributed by atoms with Gasteiger partial charge in [-0.05, 0) is 70.8 Å². The number of aryl methyl sites for hydroxylation is 2. The number of phenolic OH excluding ortho intramolecular Hbond substituents is 2. The molecule has 204 valence electrons. The number of ketones is 1. The standard InChI is InChI=1S/C36H30O5/c37-30-13-7-12-28-21-29-18-17-27(35(38)34(29)36(39)33(28)30)16-14-24-15-19-31(40-22-25-8-3-1-4-9-25)32(20-24)41-23-26-10-5-2-6-11-26/h1-13,15,17-20,37-38H,14,16,21-23H2. The summed E-state index contributed by atoms with van der Waals surface area (Å²) in [7, 11) is 0. The Bertz CT molecular complexity index is 1690. The van der Waals surface area contributed by atoms with Gasteiger partial charge in [0.2, 0.25) is 5.78 Å². The van der Waals surface area contributed by atoms with Gasteiger partial charge < -0.3 is 19.7 Å². The largest absolute Gasteiger partial charge is 0.507 e. The highest BCUT2D eigenvalue weighted by molar-refractivity contribution is 6.15. The maximum atomic E-state index is 13.3. The van der Waals surface area contributed by atoms with Crippen LogP contribution in [0, 0.1) is 0 Å². The number of carbonyl (C=O) groups excluding carboxylic acids is 1. The molecule has 0 radical (unpaired) electrons. The first-order valence-electron chi connectivity index (χ1n) is 13.7. The minimum absolute atomic E-state index is 0.00947. The van der Waals surface area contributed by atoms with Crippen LogP contribution < -0.4 is 9.47 Å². The van der Waals surface area contributed by atoms with Crippen molar-refractivity contribution in [2.75, 3.05) is 0 Å². The third-order valence-corrected chi connectivity index (χ3v) is 7.48. The van der Waals surface area contributed by atoms with Crippen LogP contribution in [-0.2, 0) is 32.5 Å². The number of aromatic hydroxyl groups is 2. The van der Waals surface area contributed by atoms with Gasteiger partial charge in [-0.1, -0.05) is 91.0 Å². The number of carbonyl (C=O) groups is 1. The third-order valence-electron chi connectivity index (χ3n) is 7.48. The Balaban J connectivity index is 1.21. The minimum atomic E-state index is -0.338. The van der Waals surface area contributed by atoms with Gasteiger partial charge >= 0.3 is 0 Å². The lowest BCUT2D eigenvalue weighted by Crippen LogP contribution is -2.16. The predicted molar refractivity (Wildman–Crippen MR) is 158 cm³/mol. The van der Waals surface area contributed by atoms with E-state index in [2.05, 4.69) is 0 Å². The maximum absolute atomic E-state index is 13.3. The number of benzene rings is 5. The first-order valence-corrected chi connectivity index (χ1v) is 13.7. The van der Waals surface area contributed by atoms with Crippen molar-refractivity contribution in [2.24, 2.45) is 0 Å². The van der Waals surface area contributed by atoms with Crippen molar-refractivity contribution in [3.05, 3.63) is 154 Å². The van der Waals surface area contributed by atoms with Gasteiger partial charge in [-0.2, -0.15) is 0 Å². The van der Waals surface area contributed by atoms with E-state index in [-0.39, 0.29) is 28.4 Å². The van der Waals surface area contributed by atoms with Crippen molar-refractivity contribution in [2.45, 2.75) is 32.5 Å². The molecule has 5 aromatic carbocycles. The summed E-state index contributed by atoms with van der Waals surface area (Å²) < 4.78 is 12.4. The van der Waals surface area contributed by atoms with E-state index in [1.54, 1.807) is 6.07 Å². The quantitative estimate of drug-likeness (QED) is 0.202. The van der Waals surface area contributed by atoms with Crippen molar-refractivity contribution in [1.29, 1.82) is 0 Å². The first kappa shape index (κ1) is 26.2. The molecule has 5 nitrogen and oxygen atoms in total. The summed E-state index contributed by atoms with van der Waals surface area (Å²) in [6, 6.07) is 34.8. The molecular formula is C36H30O5. The van der Waals surface area contributed by atoms with Crippen LogP contribution in [0.3, 0.4) is 0 Å². The number of phenols is 2. The van der Waals surface area contributed by atoms with Gasteiger partial charge in [0.1, 0.15) is 24.7 Å². The van der Waals surface area contributed by atoms with E-state index >= 15 is 0 Å². The van der Waals surface area contributed by atoms with Gasteiger partial charge in [0.25, 0.3) is 0 Å². The van der Waals surface area contributed by atoms with Crippen LogP contribution in [0.1, 0.15) is 49.3 Å². The predicted octanol–water partition coefficient (Wildman–Crippen LogP) is 7.18. The first-order chi connectivity index (χ1) is 20.1. The fourth-order valence-electron chi connectivity index (χ4n) is 5.29. The highest BCUT2D eigenvalue weighted by Gasteiger charge is 2.29. The van der Waals surface area contributed by atoms with E-state index < -0.39 is 0 Å². The summed E-state index contributed by atoms with van der Waals surface area (Å²) in [5.41, 5.74) is 5.94. The molecule has 0 amide bonds. The molecule has 0 atom stereocenters. The van der Waals surface area contributed by atoms with E-state index in [9.17, 15) is 15.0 Å². The van der Waals surface area contributed by atoms with Gasteiger partial charge in [0.15, 0.2) is 11.5 Å². The van der Waals surface area contributed by atoms with Crippen molar-refractivity contribution in [3.63, 3.8) is 0 Å². The van der Waals surface area contributed by atoms with Crippen LogP contribution in [-0.4, -0.2) is 16.0 Å². The lowest BCUT2D eigenvalue weighted by Gasteiger charge is -2.21. The van der Waals surface area contributed by atoms with Crippen LogP contribution in [0.15, 0.2) is 109 Å². The van der Waals surface area contributed by atoms with Crippen LogP contribution >= 0.6 is 0 Å². The molecule has 1 aliphatic carbocycles. The third kappa shape index (κ3) is 5.66. The number of ether oxygens (including phenoxy) is 2. The second kappa shape index (κ2) is 11.6. The zero-order valence-corrected chi connectivity index (χ0v) is 22.5. The molecule has 6 rings (SSSR count). The van der Waals surface area contributed by atoms with E-state index in [1.165, 1.54) is 6.07 Å². The van der Waals surface area contributed by atoms with Crippen molar-refractivity contribution in [1.82, 2.24) is 0 Å². The number of fused-ring (bicyclic) bond motifs is 2. The normalized spacial score (nSPS) is 12.0. The summed E-state index contributed by atoms with van der Waals surface area (Å²) in [6.07, 6.45) is 1.65. The van der Waals surface area contributed by atoms with Crippen LogP contribution in [0.25, 0.3) is 0 Å². The van der Waals surface area contributed by atoms with Gasteiger partial charge in [-0.3, -0.25) is 4.79 Å². The van der Waals surface area contributed by atoms with E-state index in [1.807, 2.05) is 97.1 Å². The van der Waals surface area contributed by atoms with Gasteiger partial charge in [0, 0.05) is 0 Å². The Morgan fingerprint density at radius 1 is 0.585 bits per heavy atom. The molecular weight excluding hydrogens is 512 g/mol. The molecule has 0 unspecified atom stereocenters. The summed E-state index contributed by atoms with van der Waals surface area (Å²) in [6.45, 7) is 0.839. The van der Waals surface area contributed by atoms with Crippen molar-refractivity contribution >= 4 is 5.78 Å². The molecule has 2 N–H and O–H groups in total. The Morgan fingerprint density at radius 2 is 1.24 bits per heavy atom. The Labute approximate surface area is 239 Å². The van der Waals surface area contributed by atoms with E-state index in [0.29, 0.717) is 49.5 Å². The molecule has 0 aromatic heterocycles. The average molecular weight is 543 g/mol. The summed E-state index contributed by atoms with van der Waals surface area (Å²) in [5, 5.41) is 21.4. The molecule has 41 heavy (non-hydrogen) atoms. The molecule has 0 saturated heterocycles. The summed E-state index contributed by atoms with van der Waals surface area (Å²) in [4.78, 5) is 13.3. The molecule has 0 fully saturated rings. The second-order valence-electron chi connectivity index (χ2n) is 10.3. The second-order valence-corrected chi connectivity index (χ2v) is 10.3. The fraction of sp³-hybridized carbons (Fsp3) is 0.139. The van der Waals surface area contributed by atoms with Crippen LogP contribution in [0.4, 0.5) is 0 Å². The highest BCUT2D eigenvalue weighted by atomic mass is 16.5. The zero-order valence-electron chi connectivity index (χ0n) is 22.5. The van der Waals surface area contributed by atoms with E-state index in [4.69, 9.17) is 9.47 Å². The highest BCUT2D eigenvalue weighted by Crippen LogP contribution is 2.38. The number of hydrogen-bond acceptors (Lipinski definition) is 5. The Hall–Kier alpha value is -5.03. The molecule has 0 spiro atoms. The number of rotatable bonds is 9. The average Bonchev–Trinajstić information content (AvgIpc) is 3.00. The lowest BCUT2D eigenvalue weighted by molar-refractivity contribution is 0.102.